The Kier molecular flexibility index (Phi) is 6.49. The van der Waals surface area contributed by atoms with E-state index in [4.69, 9.17) is 5.11 Å². The number of carboxylic acids is 1. The maximum Gasteiger partial charge on any atom is 0.317 e. The average molecular weight is 298 g/mol. The third kappa shape index (κ3) is 5.94. The van der Waals surface area contributed by atoms with Crippen LogP contribution in [0, 0.1) is 5.92 Å². The zero-order valence-corrected chi connectivity index (χ0v) is 13.8. The van der Waals surface area contributed by atoms with Gasteiger partial charge < -0.3 is 15.3 Å². The minimum Gasteiger partial charge on any atom is -0.481 e. The van der Waals surface area contributed by atoms with E-state index in [-0.39, 0.29) is 12.5 Å². The molecule has 0 heterocycles. The number of hydrogen-bond acceptors (Lipinski definition) is 2. The first-order chi connectivity index (χ1) is 9.75. The van der Waals surface area contributed by atoms with Crippen LogP contribution in [0.1, 0.15) is 65.7 Å². The number of hydrogen-bond donors (Lipinski definition) is 2. The molecule has 0 aromatic heterocycles. The highest BCUT2D eigenvalue weighted by Gasteiger charge is 2.29. The van der Waals surface area contributed by atoms with Crippen molar-refractivity contribution in [2.75, 3.05) is 7.05 Å². The summed E-state index contributed by atoms with van der Waals surface area (Å²) in [6.45, 7) is 5.97. The fourth-order valence-electron chi connectivity index (χ4n) is 2.97. The summed E-state index contributed by atoms with van der Waals surface area (Å²) in [4.78, 5) is 24.8. The van der Waals surface area contributed by atoms with Crippen LogP contribution in [0.25, 0.3) is 0 Å². The van der Waals surface area contributed by atoms with E-state index in [9.17, 15) is 9.59 Å². The number of rotatable bonds is 6. The molecule has 0 atom stereocenters. The first-order valence-electron chi connectivity index (χ1n) is 8.02. The van der Waals surface area contributed by atoms with Crippen molar-refractivity contribution < 1.29 is 14.7 Å². The molecular formula is C16H30N2O3. The van der Waals surface area contributed by atoms with Gasteiger partial charge in [0.2, 0.25) is 0 Å². The first-order valence-corrected chi connectivity index (χ1v) is 8.02. The predicted octanol–water partition coefficient (Wildman–Crippen LogP) is 3.24. The molecule has 21 heavy (non-hydrogen) atoms. The van der Waals surface area contributed by atoms with Gasteiger partial charge in [-0.2, -0.15) is 0 Å². The van der Waals surface area contributed by atoms with Crippen LogP contribution in [0.15, 0.2) is 0 Å². The summed E-state index contributed by atoms with van der Waals surface area (Å²) >= 11 is 0. The van der Waals surface area contributed by atoms with Gasteiger partial charge >= 0.3 is 12.0 Å². The van der Waals surface area contributed by atoms with Gasteiger partial charge in [-0.15, -0.1) is 0 Å². The fourth-order valence-corrected chi connectivity index (χ4v) is 2.97. The van der Waals surface area contributed by atoms with E-state index in [1.807, 2.05) is 20.9 Å². The van der Waals surface area contributed by atoms with Crippen molar-refractivity contribution in [3.63, 3.8) is 0 Å². The van der Waals surface area contributed by atoms with Crippen LogP contribution in [-0.2, 0) is 4.79 Å². The molecule has 1 aliphatic rings. The summed E-state index contributed by atoms with van der Waals surface area (Å²) in [6, 6.07) is 0.216. The maximum atomic E-state index is 12.3. The van der Waals surface area contributed by atoms with E-state index < -0.39 is 11.5 Å². The molecule has 0 radical (unpaired) electrons. The Bertz CT molecular complexity index is 361. The van der Waals surface area contributed by atoms with Crippen molar-refractivity contribution in [2.24, 2.45) is 5.92 Å². The Morgan fingerprint density at radius 2 is 1.81 bits per heavy atom. The summed E-state index contributed by atoms with van der Waals surface area (Å²) in [5, 5.41) is 11.7. The number of urea groups is 1. The van der Waals surface area contributed by atoms with Crippen molar-refractivity contribution >= 4 is 12.0 Å². The lowest BCUT2D eigenvalue weighted by molar-refractivity contribution is -0.137. The molecule has 0 aromatic carbocycles. The zero-order chi connectivity index (χ0) is 16.0. The lowest BCUT2D eigenvalue weighted by Crippen LogP contribution is -2.52. The Labute approximate surface area is 128 Å². The third-order valence-corrected chi connectivity index (χ3v) is 4.67. The van der Waals surface area contributed by atoms with Gasteiger partial charge in [0.05, 0.1) is 0 Å². The van der Waals surface area contributed by atoms with Crippen LogP contribution < -0.4 is 5.32 Å². The number of aliphatic carboxylic acids is 1. The van der Waals surface area contributed by atoms with Crippen LogP contribution in [0.5, 0.6) is 0 Å². The minimum absolute atomic E-state index is 0.0681. The molecule has 122 valence electrons. The fraction of sp³-hybridized carbons (Fsp3) is 0.875. The van der Waals surface area contributed by atoms with Gasteiger partial charge in [0.15, 0.2) is 0 Å². The van der Waals surface area contributed by atoms with Crippen molar-refractivity contribution in [1.29, 1.82) is 0 Å². The van der Waals surface area contributed by atoms with E-state index in [1.54, 1.807) is 4.90 Å². The Hall–Kier alpha value is -1.26. The summed E-state index contributed by atoms with van der Waals surface area (Å²) in [5.41, 5.74) is -0.496. The number of nitrogens with one attached hydrogen (secondary N) is 1. The molecule has 5 nitrogen and oxygen atoms in total. The largest absolute Gasteiger partial charge is 0.481 e. The summed E-state index contributed by atoms with van der Waals surface area (Å²) in [5.74, 6) is -0.0201. The van der Waals surface area contributed by atoms with Crippen molar-refractivity contribution in [3.8, 4) is 0 Å². The van der Waals surface area contributed by atoms with E-state index in [0.717, 1.165) is 18.8 Å². The molecule has 2 N–H and O–H groups in total. The van der Waals surface area contributed by atoms with Crippen LogP contribution >= 0.6 is 0 Å². The number of carbonyl (C=O) groups is 2. The van der Waals surface area contributed by atoms with Crippen LogP contribution in [0.3, 0.4) is 0 Å². The van der Waals surface area contributed by atoms with E-state index in [1.165, 1.54) is 19.3 Å². The Morgan fingerprint density at radius 1 is 1.24 bits per heavy atom. The second-order valence-corrected chi connectivity index (χ2v) is 6.90. The highest BCUT2D eigenvalue weighted by Crippen LogP contribution is 2.29. The average Bonchev–Trinajstić information content (AvgIpc) is 2.44. The van der Waals surface area contributed by atoms with E-state index >= 15 is 0 Å². The van der Waals surface area contributed by atoms with Crippen LogP contribution in [-0.4, -0.2) is 40.6 Å². The normalized spacial score (nSPS) is 22.7. The van der Waals surface area contributed by atoms with Crippen LogP contribution in [0.2, 0.25) is 0 Å². The second kappa shape index (κ2) is 7.66. The van der Waals surface area contributed by atoms with Gasteiger partial charge in [-0.3, -0.25) is 4.79 Å². The Morgan fingerprint density at radius 3 is 2.29 bits per heavy atom. The summed E-state index contributed by atoms with van der Waals surface area (Å²) in [7, 11) is 1.85. The smallest absolute Gasteiger partial charge is 0.317 e. The van der Waals surface area contributed by atoms with Crippen molar-refractivity contribution in [3.05, 3.63) is 0 Å². The topological polar surface area (TPSA) is 69.6 Å². The number of carboxylic acid groups (broad SMARTS) is 1. The minimum atomic E-state index is -0.830. The molecule has 0 aromatic rings. The van der Waals surface area contributed by atoms with Gasteiger partial charge in [0, 0.05) is 25.0 Å². The van der Waals surface area contributed by atoms with Gasteiger partial charge in [0.25, 0.3) is 0 Å². The molecule has 2 amide bonds. The van der Waals surface area contributed by atoms with Gasteiger partial charge in [-0.25, -0.2) is 4.79 Å². The van der Waals surface area contributed by atoms with E-state index in [2.05, 4.69) is 12.2 Å². The predicted molar refractivity (Wildman–Crippen MR) is 83.3 cm³/mol. The van der Waals surface area contributed by atoms with Crippen molar-refractivity contribution in [2.45, 2.75) is 77.3 Å². The highest BCUT2D eigenvalue weighted by molar-refractivity contribution is 5.75. The van der Waals surface area contributed by atoms with Gasteiger partial charge in [-0.1, -0.05) is 13.3 Å². The SMILES string of the molecule is CCC1CCC(N(C)C(=O)NC(C)(C)CCC(=O)O)CC1. The number of carbonyl (C=O) groups excluding carboxylic acids is 1. The number of amides is 2. The molecule has 1 aliphatic carbocycles. The molecule has 0 aliphatic heterocycles. The lowest BCUT2D eigenvalue weighted by Gasteiger charge is -2.36. The zero-order valence-electron chi connectivity index (χ0n) is 13.8. The molecule has 1 fully saturated rings. The molecule has 0 spiro atoms. The second-order valence-electron chi connectivity index (χ2n) is 6.90. The third-order valence-electron chi connectivity index (χ3n) is 4.67. The van der Waals surface area contributed by atoms with E-state index in [0.29, 0.717) is 12.5 Å². The standard InChI is InChI=1S/C16H30N2O3/c1-5-12-6-8-13(9-7-12)18(4)15(21)17-16(2,3)11-10-14(19)20/h12-13H,5-11H2,1-4H3,(H,17,21)(H,19,20). The molecule has 0 bridgehead atoms. The molecule has 5 heteroatoms. The highest BCUT2D eigenvalue weighted by atomic mass is 16.4. The van der Waals surface area contributed by atoms with Gasteiger partial charge in [-0.05, 0) is 51.9 Å². The summed E-state index contributed by atoms with van der Waals surface area (Å²) < 4.78 is 0. The maximum absolute atomic E-state index is 12.3. The van der Waals surface area contributed by atoms with Crippen molar-refractivity contribution in [1.82, 2.24) is 10.2 Å². The molecule has 0 unspecified atom stereocenters. The quantitative estimate of drug-likeness (QED) is 0.791. The first kappa shape index (κ1) is 17.8. The van der Waals surface area contributed by atoms with Crippen LogP contribution in [0.4, 0.5) is 4.79 Å². The lowest BCUT2D eigenvalue weighted by atomic mass is 9.84. The summed E-state index contributed by atoms with van der Waals surface area (Å²) in [6.07, 6.45) is 6.26. The molecule has 1 saturated carbocycles. The molecule has 1 rings (SSSR count). The Balaban J connectivity index is 2.45. The number of nitrogens with zero attached hydrogens (tertiary/aromatic N) is 1. The van der Waals surface area contributed by atoms with Gasteiger partial charge in [0.1, 0.15) is 0 Å². The molecular weight excluding hydrogens is 268 g/mol. The molecule has 0 saturated heterocycles. The monoisotopic (exact) mass is 298 g/mol.